The molecule has 0 radical (unpaired) electrons. The standard InChI is InChI=1S/C29H37N7O3S/c1-18(2)25-26(21-13-24(39-3)28-32-17-33-36(28)15-21)34-35-27(25)23-10-7-20(14-30-23)19-5-8-22(9-6-19)31-16-29(11-12-29)40(4,37)38/h7,10,13-15,17-19,22,31H,5-6,8-9,11-12,16H2,1-4H3,(H,34,35). The Morgan fingerprint density at radius 1 is 1.18 bits per heavy atom. The van der Waals surface area contributed by atoms with Gasteiger partial charge in [0, 0.05) is 42.4 Å². The van der Waals surface area contributed by atoms with Crippen molar-refractivity contribution in [2.75, 3.05) is 19.9 Å². The van der Waals surface area contributed by atoms with Crippen LogP contribution < -0.4 is 10.1 Å². The van der Waals surface area contributed by atoms with E-state index in [4.69, 9.17) is 14.8 Å². The highest BCUT2D eigenvalue weighted by Crippen LogP contribution is 2.43. The first-order chi connectivity index (χ1) is 19.2. The van der Waals surface area contributed by atoms with Crippen LogP contribution in [-0.4, -0.2) is 68.9 Å². The molecule has 4 heterocycles. The molecule has 0 bridgehead atoms. The van der Waals surface area contributed by atoms with E-state index >= 15 is 0 Å². The summed E-state index contributed by atoms with van der Waals surface area (Å²) in [5, 5.41) is 15.8. The van der Waals surface area contributed by atoms with Gasteiger partial charge in [-0.1, -0.05) is 19.9 Å². The van der Waals surface area contributed by atoms with Gasteiger partial charge in [-0.15, -0.1) is 0 Å². The third kappa shape index (κ3) is 4.89. The number of H-pyrrole nitrogens is 1. The Morgan fingerprint density at radius 2 is 1.95 bits per heavy atom. The molecule has 2 saturated carbocycles. The van der Waals surface area contributed by atoms with Crippen LogP contribution in [0.3, 0.4) is 0 Å². The topological polar surface area (TPSA) is 127 Å². The summed E-state index contributed by atoms with van der Waals surface area (Å²) < 4.78 is 30.9. The lowest BCUT2D eigenvalue weighted by Crippen LogP contribution is -2.41. The second-order valence-electron chi connectivity index (χ2n) is 11.7. The summed E-state index contributed by atoms with van der Waals surface area (Å²) >= 11 is 0. The fraction of sp³-hybridized carbons (Fsp3) is 0.517. The van der Waals surface area contributed by atoms with E-state index in [1.165, 1.54) is 18.1 Å². The zero-order valence-corrected chi connectivity index (χ0v) is 24.3. The summed E-state index contributed by atoms with van der Waals surface area (Å²) in [4.78, 5) is 9.15. The molecule has 11 heteroatoms. The number of sulfone groups is 1. The van der Waals surface area contributed by atoms with E-state index in [0.717, 1.165) is 66.7 Å². The van der Waals surface area contributed by atoms with E-state index in [0.29, 0.717) is 29.9 Å². The lowest BCUT2D eigenvalue weighted by atomic mass is 9.82. The molecule has 2 aliphatic rings. The molecule has 2 N–H and O–H groups in total. The Hall–Kier alpha value is -3.31. The maximum atomic E-state index is 12.1. The minimum atomic E-state index is -3.00. The Labute approximate surface area is 234 Å². The number of aromatic nitrogens is 6. The van der Waals surface area contributed by atoms with Crippen molar-refractivity contribution in [2.45, 2.75) is 75.0 Å². The number of nitrogens with one attached hydrogen (secondary N) is 2. The predicted octanol–water partition coefficient (Wildman–Crippen LogP) is 4.51. The second-order valence-corrected chi connectivity index (χ2v) is 14.1. The average molecular weight is 564 g/mol. The van der Waals surface area contributed by atoms with Crippen LogP contribution in [-0.2, 0) is 9.84 Å². The van der Waals surface area contributed by atoms with Crippen molar-refractivity contribution in [3.8, 4) is 28.4 Å². The molecule has 0 aliphatic heterocycles. The molecule has 212 valence electrons. The van der Waals surface area contributed by atoms with Crippen molar-refractivity contribution in [3.63, 3.8) is 0 Å². The van der Waals surface area contributed by atoms with Gasteiger partial charge in [0.15, 0.2) is 21.2 Å². The first kappa shape index (κ1) is 26.9. The molecule has 10 nitrogen and oxygen atoms in total. The SMILES string of the molecule is COc1cc(-c2n[nH]c(-c3ccc(C4CCC(NCC5(S(C)(=O)=O)CC5)CC4)cn3)c2C(C)C)cn2ncnc12. The molecule has 2 aliphatic carbocycles. The van der Waals surface area contributed by atoms with E-state index in [9.17, 15) is 8.42 Å². The van der Waals surface area contributed by atoms with E-state index < -0.39 is 14.6 Å². The highest BCUT2D eigenvalue weighted by Gasteiger charge is 2.51. The molecule has 4 aromatic rings. The molecule has 6 rings (SSSR count). The minimum absolute atomic E-state index is 0.211. The number of aromatic amines is 1. The Bertz CT molecular complexity index is 1610. The molecule has 0 unspecified atom stereocenters. The zero-order valence-electron chi connectivity index (χ0n) is 23.5. The van der Waals surface area contributed by atoms with E-state index in [1.54, 1.807) is 11.6 Å². The van der Waals surface area contributed by atoms with Crippen LogP contribution in [0, 0.1) is 0 Å². The number of fused-ring (bicyclic) bond motifs is 1. The van der Waals surface area contributed by atoms with Gasteiger partial charge in [-0.2, -0.15) is 10.2 Å². The normalized spacial score (nSPS) is 20.7. The van der Waals surface area contributed by atoms with Gasteiger partial charge < -0.3 is 10.1 Å². The largest absolute Gasteiger partial charge is 0.493 e. The Balaban J connectivity index is 1.16. The molecule has 2 fully saturated rings. The Kier molecular flexibility index (Phi) is 6.90. The van der Waals surface area contributed by atoms with Gasteiger partial charge in [-0.25, -0.2) is 17.9 Å². The number of hydrogen-bond donors (Lipinski definition) is 2. The lowest BCUT2D eigenvalue weighted by molar-refractivity contribution is 0.340. The summed E-state index contributed by atoms with van der Waals surface area (Å²) in [7, 11) is -1.37. The average Bonchev–Trinajstić information content (AvgIpc) is 3.39. The van der Waals surface area contributed by atoms with Crippen LogP contribution in [0.1, 0.15) is 75.3 Å². The molecule has 0 aromatic carbocycles. The van der Waals surface area contributed by atoms with Crippen molar-refractivity contribution >= 4 is 15.5 Å². The third-order valence-electron chi connectivity index (χ3n) is 8.76. The van der Waals surface area contributed by atoms with E-state index in [1.807, 2.05) is 18.5 Å². The molecule has 0 atom stereocenters. The maximum Gasteiger partial charge on any atom is 0.197 e. The van der Waals surface area contributed by atoms with Crippen LogP contribution in [0.25, 0.3) is 28.3 Å². The van der Waals surface area contributed by atoms with Crippen LogP contribution in [0.4, 0.5) is 0 Å². The second kappa shape index (κ2) is 10.3. The summed E-state index contributed by atoms with van der Waals surface area (Å²) in [5.74, 6) is 1.32. The van der Waals surface area contributed by atoms with Gasteiger partial charge in [0.2, 0.25) is 0 Å². The predicted molar refractivity (Wildman–Crippen MR) is 154 cm³/mol. The molecule has 0 saturated heterocycles. The number of rotatable bonds is 9. The van der Waals surface area contributed by atoms with Crippen molar-refractivity contribution in [1.29, 1.82) is 0 Å². The van der Waals surface area contributed by atoms with Gasteiger partial charge in [0.05, 0.1) is 28.9 Å². The zero-order chi connectivity index (χ0) is 28.1. The first-order valence-corrected chi connectivity index (χ1v) is 15.9. The number of methoxy groups -OCH3 is 1. The van der Waals surface area contributed by atoms with Crippen LogP contribution in [0.2, 0.25) is 0 Å². The van der Waals surface area contributed by atoms with Gasteiger partial charge in [0.1, 0.15) is 6.33 Å². The van der Waals surface area contributed by atoms with Crippen molar-refractivity contribution < 1.29 is 13.2 Å². The first-order valence-electron chi connectivity index (χ1n) is 14.0. The molecule has 4 aromatic heterocycles. The number of ether oxygens (including phenoxy) is 1. The van der Waals surface area contributed by atoms with Crippen LogP contribution >= 0.6 is 0 Å². The maximum absolute atomic E-state index is 12.1. The highest BCUT2D eigenvalue weighted by atomic mass is 32.2. The van der Waals surface area contributed by atoms with Gasteiger partial charge in [-0.3, -0.25) is 10.1 Å². The van der Waals surface area contributed by atoms with Crippen molar-refractivity contribution in [2.24, 2.45) is 0 Å². The van der Waals surface area contributed by atoms with Gasteiger partial charge in [-0.05, 0) is 68.1 Å². The van der Waals surface area contributed by atoms with Crippen LogP contribution in [0.5, 0.6) is 5.75 Å². The van der Waals surface area contributed by atoms with E-state index in [2.05, 4.69) is 46.5 Å². The summed E-state index contributed by atoms with van der Waals surface area (Å²) in [6.07, 6.45) is 12.6. The molecular weight excluding hydrogens is 526 g/mol. The number of hydrogen-bond acceptors (Lipinski definition) is 8. The molecular formula is C29H37N7O3S. The van der Waals surface area contributed by atoms with Gasteiger partial charge in [0.25, 0.3) is 0 Å². The molecule has 40 heavy (non-hydrogen) atoms. The minimum Gasteiger partial charge on any atom is -0.493 e. The summed E-state index contributed by atoms with van der Waals surface area (Å²) in [5.41, 5.74) is 6.54. The summed E-state index contributed by atoms with van der Waals surface area (Å²) in [6.45, 7) is 4.90. The quantitative estimate of drug-likeness (QED) is 0.305. The third-order valence-corrected chi connectivity index (χ3v) is 10.9. The lowest BCUT2D eigenvalue weighted by Gasteiger charge is -2.30. The highest BCUT2D eigenvalue weighted by molar-refractivity contribution is 7.92. The molecule has 0 amide bonds. The number of pyridine rings is 2. The van der Waals surface area contributed by atoms with Crippen molar-refractivity contribution in [1.82, 2.24) is 35.1 Å². The molecule has 0 spiro atoms. The summed E-state index contributed by atoms with van der Waals surface area (Å²) in [6, 6.07) is 6.62. The number of nitrogens with zero attached hydrogens (tertiary/aromatic N) is 5. The fourth-order valence-electron chi connectivity index (χ4n) is 6.08. The Morgan fingerprint density at radius 3 is 2.58 bits per heavy atom. The van der Waals surface area contributed by atoms with Gasteiger partial charge >= 0.3 is 0 Å². The monoisotopic (exact) mass is 563 g/mol. The van der Waals surface area contributed by atoms with Crippen LogP contribution in [0.15, 0.2) is 36.9 Å². The smallest absolute Gasteiger partial charge is 0.197 e. The van der Waals surface area contributed by atoms with E-state index in [-0.39, 0.29) is 5.92 Å². The fourth-order valence-corrected chi connectivity index (χ4v) is 7.27. The van der Waals surface area contributed by atoms with Crippen molar-refractivity contribution in [3.05, 3.63) is 48.0 Å².